The third-order valence-corrected chi connectivity index (χ3v) is 5.18. The number of nitrogens with zero attached hydrogens (tertiary/aromatic N) is 2. The van der Waals surface area contributed by atoms with E-state index in [4.69, 9.17) is 9.47 Å². The third-order valence-electron chi connectivity index (χ3n) is 4.65. The van der Waals surface area contributed by atoms with Crippen LogP contribution < -0.4 is 4.74 Å². The molecule has 1 aliphatic heterocycles. The first-order valence-corrected chi connectivity index (χ1v) is 9.36. The van der Waals surface area contributed by atoms with E-state index in [0.717, 1.165) is 16.3 Å². The Kier molecular flexibility index (Phi) is 4.85. The molecule has 0 unspecified atom stereocenters. The van der Waals surface area contributed by atoms with Gasteiger partial charge < -0.3 is 9.47 Å². The van der Waals surface area contributed by atoms with Crippen LogP contribution in [-0.4, -0.2) is 22.9 Å². The molecule has 0 N–H and O–H groups in total. The van der Waals surface area contributed by atoms with Crippen LogP contribution in [0.5, 0.6) is 5.88 Å². The molecule has 2 atom stereocenters. The van der Waals surface area contributed by atoms with Gasteiger partial charge in [0, 0.05) is 4.47 Å². The van der Waals surface area contributed by atoms with E-state index in [0.29, 0.717) is 11.3 Å². The second kappa shape index (κ2) is 7.22. The molecule has 9 heteroatoms. The number of ether oxygens (including phenoxy) is 2. The fourth-order valence-corrected chi connectivity index (χ4v) is 3.65. The van der Waals surface area contributed by atoms with Gasteiger partial charge in [0.25, 0.3) is 0 Å². The normalized spacial score (nSPS) is 18.2. The first-order chi connectivity index (χ1) is 13.8. The number of rotatable bonds is 3. The second-order valence-corrected chi connectivity index (χ2v) is 7.32. The fourth-order valence-electron chi connectivity index (χ4n) is 3.38. The lowest BCUT2D eigenvalue weighted by Crippen LogP contribution is -2.23. The van der Waals surface area contributed by atoms with Gasteiger partial charge in [-0.05, 0) is 29.8 Å². The number of carbonyl (C=O) groups is 1. The summed E-state index contributed by atoms with van der Waals surface area (Å²) < 4.78 is 54.0. The number of fused-ring (bicyclic) bond motifs is 1. The van der Waals surface area contributed by atoms with Crippen molar-refractivity contribution < 1.29 is 27.4 Å². The number of alkyl halides is 3. The third kappa shape index (κ3) is 3.39. The van der Waals surface area contributed by atoms with Crippen LogP contribution >= 0.6 is 15.9 Å². The number of methoxy groups -OCH3 is 1. The number of hydrogen-bond acceptors (Lipinski definition) is 4. The summed E-state index contributed by atoms with van der Waals surface area (Å²) in [6, 6.07) is 15.1. The van der Waals surface area contributed by atoms with E-state index in [1.54, 1.807) is 54.6 Å². The molecule has 4 rings (SSSR count). The maximum atomic E-state index is 13.8. The van der Waals surface area contributed by atoms with Gasteiger partial charge in [0.2, 0.25) is 5.88 Å². The molecule has 29 heavy (non-hydrogen) atoms. The van der Waals surface area contributed by atoms with E-state index in [2.05, 4.69) is 21.0 Å². The van der Waals surface area contributed by atoms with E-state index in [9.17, 15) is 18.0 Å². The van der Waals surface area contributed by atoms with E-state index in [1.165, 1.54) is 0 Å². The topological polar surface area (TPSA) is 53.3 Å². The van der Waals surface area contributed by atoms with Crippen molar-refractivity contribution in [3.8, 4) is 11.6 Å². The van der Waals surface area contributed by atoms with Crippen molar-refractivity contribution in [3.05, 3.63) is 75.9 Å². The van der Waals surface area contributed by atoms with E-state index in [1.807, 2.05) is 0 Å². The quantitative estimate of drug-likeness (QED) is 0.507. The summed E-state index contributed by atoms with van der Waals surface area (Å²) in [7, 11) is 1.13. The molecule has 2 heterocycles. The number of hydrogen-bond donors (Lipinski definition) is 0. The lowest BCUT2D eigenvalue weighted by atomic mass is 9.91. The minimum absolute atomic E-state index is 0.119. The van der Waals surface area contributed by atoms with Gasteiger partial charge in [-0.2, -0.15) is 18.3 Å². The van der Waals surface area contributed by atoms with Gasteiger partial charge in [-0.1, -0.05) is 46.3 Å². The molecule has 5 nitrogen and oxygen atoms in total. The van der Waals surface area contributed by atoms with Crippen LogP contribution in [0.1, 0.15) is 28.8 Å². The summed E-state index contributed by atoms with van der Waals surface area (Å²) in [6.45, 7) is 0. The van der Waals surface area contributed by atoms with Crippen LogP contribution in [0.2, 0.25) is 0 Å². The molecule has 1 aromatic heterocycles. The number of esters is 1. The summed E-state index contributed by atoms with van der Waals surface area (Å²) in [4.78, 5) is 12.5. The highest BCUT2D eigenvalue weighted by molar-refractivity contribution is 9.10. The second-order valence-electron chi connectivity index (χ2n) is 6.40. The van der Waals surface area contributed by atoms with Crippen molar-refractivity contribution >= 4 is 21.9 Å². The minimum atomic E-state index is -4.77. The standard InChI is InChI=1S/C20H14BrF3N2O3/c1-28-19(27)14-15-17(20(22,23)24)25-26(13-5-3-2-4-6-13)18(15)29-16(14)11-7-9-12(21)10-8-11/h2-10,14,16H,1H3/t14-,16+/m0/s1. The maximum Gasteiger partial charge on any atom is 0.435 e. The van der Waals surface area contributed by atoms with Gasteiger partial charge in [-0.15, -0.1) is 0 Å². The molecule has 0 saturated carbocycles. The molecular weight excluding hydrogens is 453 g/mol. The molecule has 3 aromatic rings. The van der Waals surface area contributed by atoms with Gasteiger partial charge in [0.05, 0.1) is 18.4 Å². The largest absolute Gasteiger partial charge is 0.468 e. The SMILES string of the molecule is COC(=O)[C@H]1c2c(C(F)(F)F)nn(-c3ccccc3)c2O[C@@H]1c1ccc(Br)cc1. The molecule has 0 amide bonds. The van der Waals surface area contributed by atoms with E-state index >= 15 is 0 Å². The Hall–Kier alpha value is -2.81. The zero-order valence-electron chi connectivity index (χ0n) is 15.0. The fraction of sp³-hybridized carbons (Fsp3) is 0.200. The smallest absolute Gasteiger partial charge is 0.435 e. The minimum Gasteiger partial charge on any atom is -0.468 e. The Morgan fingerprint density at radius 3 is 2.38 bits per heavy atom. The van der Waals surface area contributed by atoms with Crippen LogP contribution in [-0.2, 0) is 15.7 Å². The number of para-hydroxylation sites is 1. The number of halogens is 4. The molecule has 2 aromatic carbocycles. The number of benzene rings is 2. The predicted octanol–water partition coefficient (Wildman–Crippen LogP) is 5.04. The first kappa shape index (κ1) is 19.5. The van der Waals surface area contributed by atoms with Crippen LogP contribution in [0.3, 0.4) is 0 Å². The molecule has 1 aliphatic rings. The molecule has 0 fully saturated rings. The van der Waals surface area contributed by atoms with Crippen molar-refractivity contribution in [2.45, 2.75) is 18.2 Å². The predicted molar refractivity (Wildman–Crippen MR) is 101 cm³/mol. The first-order valence-electron chi connectivity index (χ1n) is 8.56. The number of aromatic nitrogens is 2. The van der Waals surface area contributed by atoms with Crippen LogP contribution in [0.4, 0.5) is 13.2 Å². The van der Waals surface area contributed by atoms with E-state index < -0.39 is 29.9 Å². The van der Waals surface area contributed by atoms with Crippen LogP contribution in [0.25, 0.3) is 5.69 Å². The van der Waals surface area contributed by atoms with Gasteiger partial charge >= 0.3 is 12.1 Å². The summed E-state index contributed by atoms with van der Waals surface area (Å²) in [5, 5.41) is 3.73. The lowest BCUT2D eigenvalue weighted by molar-refractivity contribution is -0.146. The van der Waals surface area contributed by atoms with Gasteiger partial charge in [0.15, 0.2) is 5.69 Å². The van der Waals surface area contributed by atoms with Crippen LogP contribution in [0.15, 0.2) is 59.1 Å². The highest BCUT2D eigenvalue weighted by atomic mass is 79.9. The summed E-state index contributed by atoms with van der Waals surface area (Å²) >= 11 is 3.32. The van der Waals surface area contributed by atoms with Crippen molar-refractivity contribution in [1.29, 1.82) is 0 Å². The Bertz CT molecular complexity index is 1050. The zero-order chi connectivity index (χ0) is 20.8. The average molecular weight is 467 g/mol. The van der Waals surface area contributed by atoms with Crippen LogP contribution in [0, 0.1) is 0 Å². The zero-order valence-corrected chi connectivity index (χ0v) is 16.6. The monoisotopic (exact) mass is 466 g/mol. The summed E-state index contributed by atoms with van der Waals surface area (Å²) in [5.74, 6) is -2.24. The molecular formula is C20H14BrF3N2O3. The average Bonchev–Trinajstić information content (AvgIpc) is 3.25. The highest BCUT2D eigenvalue weighted by Crippen LogP contribution is 2.52. The highest BCUT2D eigenvalue weighted by Gasteiger charge is 2.52. The number of carbonyl (C=O) groups excluding carboxylic acids is 1. The Labute approximate surface area is 172 Å². The maximum absolute atomic E-state index is 13.8. The molecule has 0 aliphatic carbocycles. The Morgan fingerprint density at radius 1 is 1.14 bits per heavy atom. The van der Waals surface area contributed by atoms with E-state index in [-0.39, 0.29) is 11.4 Å². The summed E-state index contributed by atoms with van der Waals surface area (Å²) in [6.07, 6.45) is -5.74. The van der Waals surface area contributed by atoms with Crippen molar-refractivity contribution in [1.82, 2.24) is 9.78 Å². The molecule has 0 bridgehead atoms. The van der Waals surface area contributed by atoms with Crippen molar-refractivity contribution in [3.63, 3.8) is 0 Å². The van der Waals surface area contributed by atoms with Gasteiger partial charge in [0.1, 0.15) is 12.0 Å². The van der Waals surface area contributed by atoms with Crippen molar-refractivity contribution in [2.24, 2.45) is 0 Å². The molecule has 0 spiro atoms. The molecule has 0 saturated heterocycles. The molecule has 0 radical (unpaired) electrons. The Balaban J connectivity index is 1.93. The lowest BCUT2D eigenvalue weighted by Gasteiger charge is -2.19. The summed E-state index contributed by atoms with van der Waals surface area (Å²) in [5.41, 5.74) is -0.542. The van der Waals surface area contributed by atoms with Gasteiger partial charge in [-0.25, -0.2) is 4.68 Å². The Morgan fingerprint density at radius 2 is 1.79 bits per heavy atom. The van der Waals surface area contributed by atoms with Crippen molar-refractivity contribution in [2.75, 3.05) is 7.11 Å². The molecule has 150 valence electrons. The van der Waals surface area contributed by atoms with Gasteiger partial charge in [-0.3, -0.25) is 4.79 Å².